The number of carbonyl (C=O) groups excluding carboxylic acids is 1. The van der Waals surface area contributed by atoms with Crippen LogP contribution in [-0.2, 0) is 18.3 Å². The SMILES string of the molecule is CCC(C)(NC(=O)NCCc1cnn(C)c1)C(=O)O. The summed E-state index contributed by atoms with van der Waals surface area (Å²) in [4.78, 5) is 22.6. The number of hydrogen-bond acceptors (Lipinski definition) is 3. The predicted octanol–water partition coefficient (Wildman–Crippen LogP) is 0.515. The Labute approximate surface area is 112 Å². The van der Waals surface area contributed by atoms with Gasteiger partial charge in [-0.05, 0) is 25.3 Å². The van der Waals surface area contributed by atoms with Crippen molar-refractivity contribution < 1.29 is 14.7 Å². The number of carboxylic acids is 1. The summed E-state index contributed by atoms with van der Waals surface area (Å²) in [7, 11) is 1.82. The molecule has 1 aromatic heterocycles. The van der Waals surface area contributed by atoms with Crippen molar-refractivity contribution in [3.63, 3.8) is 0 Å². The van der Waals surface area contributed by atoms with E-state index in [1.165, 1.54) is 6.92 Å². The molecule has 2 amide bonds. The van der Waals surface area contributed by atoms with E-state index in [-0.39, 0.29) is 0 Å². The number of carbonyl (C=O) groups is 2. The topological polar surface area (TPSA) is 96.3 Å². The summed E-state index contributed by atoms with van der Waals surface area (Å²) in [6, 6.07) is -0.476. The monoisotopic (exact) mass is 268 g/mol. The molecule has 0 saturated heterocycles. The van der Waals surface area contributed by atoms with Crippen molar-refractivity contribution in [2.24, 2.45) is 7.05 Å². The average molecular weight is 268 g/mol. The zero-order valence-corrected chi connectivity index (χ0v) is 11.4. The van der Waals surface area contributed by atoms with Crippen LogP contribution in [0.1, 0.15) is 25.8 Å². The first-order chi connectivity index (χ1) is 8.87. The fourth-order valence-corrected chi connectivity index (χ4v) is 1.51. The zero-order valence-electron chi connectivity index (χ0n) is 11.4. The molecule has 1 atom stereocenters. The van der Waals surface area contributed by atoms with Gasteiger partial charge in [-0.25, -0.2) is 9.59 Å². The summed E-state index contributed by atoms with van der Waals surface area (Å²) in [5, 5.41) is 18.2. The molecule has 0 aliphatic rings. The number of nitrogens with zero attached hydrogens (tertiary/aromatic N) is 2. The van der Waals surface area contributed by atoms with Crippen LogP contribution in [0.25, 0.3) is 0 Å². The highest BCUT2D eigenvalue weighted by Crippen LogP contribution is 2.08. The standard InChI is InChI=1S/C12H20N4O3/c1-4-12(2,10(17)18)15-11(19)13-6-5-9-7-14-16(3)8-9/h7-8H,4-6H2,1-3H3,(H,17,18)(H2,13,15,19). The lowest BCUT2D eigenvalue weighted by atomic mass is 10.00. The molecule has 0 aliphatic carbocycles. The van der Waals surface area contributed by atoms with Crippen molar-refractivity contribution in [3.8, 4) is 0 Å². The molecule has 1 heterocycles. The molecule has 0 aromatic carbocycles. The van der Waals surface area contributed by atoms with Gasteiger partial charge in [0.25, 0.3) is 0 Å². The lowest BCUT2D eigenvalue weighted by Crippen LogP contribution is -2.55. The number of aryl methyl sites for hydroxylation is 1. The quantitative estimate of drug-likeness (QED) is 0.700. The van der Waals surface area contributed by atoms with Crippen LogP contribution in [-0.4, -0.2) is 39.0 Å². The van der Waals surface area contributed by atoms with Crippen molar-refractivity contribution in [2.75, 3.05) is 6.54 Å². The first-order valence-electron chi connectivity index (χ1n) is 6.14. The smallest absolute Gasteiger partial charge is 0.329 e. The molecule has 7 heteroatoms. The number of aromatic nitrogens is 2. The Hall–Kier alpha value is -2.05. The Balaban J connectivity index is 2.37. The Morgan fingerprint density at radius 2 is 2.21 bits per heavy atom. The van der Waals surface area contributed by atoms with E-state index in [1.54, 1.807) is 17.8 Å². The van der Waals surface area contributed by atoms with Gasteiger partial charge in [0.2, 0.25) is 0 Å². The average Bonchev–Trinajstić information content (AvgIpc) is 2.74. The second kappa shape index (κ2) is 6.21. The van der Waals surface area contributed by atoms with Gasteiger partial charge in [0.15, 0.2) is 0 Å². The maximum atomic E-state index is 11.6. The van der Waals surface area contributed by atoms with Gasteiger partial charge in [-0.15, -0.1) is 0 Å². The minimum Gasteiger partial charge on any atom is -0.480 e. The van der Waals surface area contributed by atoms with Crippen LogP contribution >= 0.6 is 0 Å². The molecule has 0 saturated carbocycles. The Morgan fingerprint density at radius 3 is 2.68 bits per heavy atom. The van der Waals surface area contributed by atoms with Crippen LogP contribution in [0.15, 0.2) is 12.4 Å². The fourth-order valence-electron chi connectivity index (χ4n) is 1.51. The Kier molecular flexibility index (Phi) is 4.91. The van der Waals surface area contributed by atoms with Crippen molar-refractivity contribution in [2.45, 2.75) is 32.2 Å². The highest BCUT2D eigenvalue weighted by Gasteiger charge is 2.32. The van der Waals surface area contributed by atoms with Crippen LogP contribution in [0.5, 0.6) is 0 Å². The molecule has 0 bridgehead atoms. The van der Waals surface area contributed by atoms with Crippen LogP contribution in [0, 0.1) is 0 Å². The normalized spacial score (nSPS) is 13.6. The lowest BCUT2D eigenvalue weighted by Gasteiger charge is -2.24. The molecule has 0 aliphatic heterocycles. The molecule has 1 rings (SSSR count). The van der Waals surface area contributed by atoms with E-state index in [9.17, 15) is 9.59 Å². The highest BCUT2D eigenvalue weighted by molar-refractivity contribution is 5.85. The maximum Gasteiger partial charge on any atom is 0.329 e. The minimum atomic E-state index is -1.24. The van der Waals surface area contributed by atoms with E-state index in [2.05, 4.69) is 15.7 Å². The highest BCUT2D eigenvalue weighted by atomic mass is 16.4. The van der Waals surface area contributed by atoms with Gasteiger partial charge < -0.3 is 15.7 Å². The minimum absolute atomic E-state index is 0.318. The molecule has 1 unspecified atom stereocenters. The molecular weight excluding hydrogens is 248 g/mol. The Bertz CT molecular complexity index is 458. The number of rotatable bonds is 6. The summed E-state index contributed by atoms with van der Waals surface area (Å²) in [6.45, 7) is 3.62. The third-order valence-corrected chi connectivity index (χ3v) is 3.03. The Morgan fingerprint density at radius 1 is 1.53 bits per heavy atom. The summed E-state index contributed by atoms with van der Waals surface area (Å²) in [5.41, 5.74) is -0.224. The summed E-state index contributed by atoms with van der Waals surface area (Å²) in [5.74, 6) is -1.04. The molecule has 0 spiro atoms. The van der Waals surface area contributed by atoms with E-state index in [0.29, 0.717) is 19.4 Å². The van der Waals surface area contributed by atoms with E-state index >= 15 is 0 Å². The van der Waals surface area contributed by atoms with E-state index in [0.717, 1.165) is 5.56 Å². The van der Waals surface area contributed by atoms with E-state index < -0.39 is 17.5 Å². The van der Waals surface area contributed by atoms with Crippen molar-refractivity contribution in [1.29, 1.82) is 0 Å². The second-order valence-electron chi connectivity index (χ2n) is 4.64. The first-order valence-corrected chi connectivity index (χ1v) is 6.14. The molecule has 106 valence electrons. The molecule has 7 nitrogen and oxygen atoms in total. The number of hydrogen-bond donors (Lipinski definition) is 3. The van der Waals surface area contributed by atoms with Crippen LogP contribution in [0.4, 0.5) is 4.79 Å². The van der Waals surface area contributed by atoms with Crippen molar-refractivity contribution >= 4 is 12.0 Å². The molecule has 19 heavy (non-hydrogen) atoms. The predicted molar refractivity (Wildman–Crippen MR) is 69.8 cm³/mol. The summed E-state index contributed by atoms with van der Waals surface area (Å²) < 4.78 is 1.69. The van der Waals surface area contributed by atoms with Gasteiger partial charge in [0, 0.05) is 19.8 Å². The van der Waals surface area contributed by atoms with Gasteiger partial charge in [-0.2, -0.15) is 5.10 Å². The third-order valence-electron chi connectivity index (χ3n) is 3.03. The van der Waals surface area contributed by atoms with Crippen LogP contribution < -0.4 is 10.6 Å². The zero-order chi connectivity index (χ0) is 14.5. The second-order valence-corrected chi connectivity index (χ2v) is 4.64. The molecular formula is C12H20N4O3. The maximum absolute atomic E-state index is 11.6. The fraction of sp³-hybridized carbons (Fsp3) is 0.583. The van der Waals surface area contributed by atoms with E-state index in [4.69, 9.17) is 5.11 Å². The number of aliphatic carboxylic acids is 1. The first kappa shape index (κ1) is 15.0. The number of carboxylic acid groups (broad SMARTS) is 1. The van der Waals surface area contributed by atoms with Crippen LogP contribution in [0.2, 0.25) is 0 Å². The van der Waals surface area contributed by atoms with Gasteiger partial charge in [-0.1, -0.05) is 6.92 Å². The molecule has 3 N–H and O–H groups in total. The van der Waals surface area contributed by atoms with Crippen molar-refractivity contribution in [1.82, 2.24) is 20.4 Å². The molecule has 0 fully saturated rings. The third kappa shape index (κ3) is 4.27. The van der Waals surface area contributed by atoms with Crippen molar-refractivity contribution in [3.05, 3.63) is 18.0 Å². The van der Waals surface area contributed by atoms with Gasteiger partial charge in [0.05, 0.1) is 6.20 Å². The molecule has 0 radical (unpaired) electrons. The molecule has 1 aromatic rings. The van der Waals surface area contributed by atoms with Gasteiger partial charge in [0.1, 0.15) is 5.54 Å². The number of urea groups is 1. The number of nitrogens with one attached hydrogen (secondary N) is 2. The van der Waals surface area contributed by atoms with Gasteiger partial charge >= 0.3 is 12.0 Å². The lowest BCUT2D eigenvalue weighted by molar-refractivity contribution is -0.143. The largest absolute Gasteiger partial charge is 0.480 e. The van der Waals surface area contributed by atoms with Gasteiger partial charge in [-0.3, -0.25) is 4.68 Å². The van der Waals surface area contributed by atoms with E-state index in [1.807, 2.05) is 13.2 Å². The van der Waals surface area contributed by atoms with Crippen LogP contribution in [0.3, 0.4) is 0 Å². The summed E-state index contributed by atoms with van der Waals surface area (Å²) in [6.07, 6.45) is 4.56. The number of amides is 2. The summed E-state index contributed by atoms with van der Waals surface area (Å²) >= 11 is 0.